The second kappa shape index (κ2) is 5.24. The topological polar surface area (TPSA) is 63.3 Å². The molecule has 1 aromatic heterocycles. The van der Waals surface area contributed by atoms with E-state index in [1.54, 1.807) is 0 Å². The van der Waals surface area contributed by atoms with Crippen molar-refractivity contribution in [3.05, 3.63) is 38.6 Å². The third-order valence-electron chi connectivity index (χ3n) is 2.39. The number of hydrogen-bond donors (Lipinski definition) is 1. The van der Waals surface area contributed by atoms with Gasteiger partial charge in [-0.2, -0.15) is 0 Å². The molecule has 0 aliphatic carbocycles. The summed E-state index contributed by atoms with van der Waals surface area (Å²) in [5.74, 6) is -0.895. The first kappa shape index (κ1) is 13.3. The van der Waals surface area contributed by atoms with Crippen LogP contribution in [0.2, 0.25) is 0 Å². The lowest BCUT2D eigenvalue weighted by molar-refractivity contribution is 0.0662. The van der Waals surface area contributed by atoms with Crippen molar-refractivity contribution in [3.63, 3.8) is 0 Å². The van der Waals surface area contributed by atoms with Crippen molar-refractivity contribution in [3.8, 4) is 11.5 Å². The monoisotopic (exact) mass is 373 g/mol. The minimum Gasteiger partial charge on any atom is -0.475 e. The molecule has 0 spiro atoms. The molecule has 4 nitrogen and oxygen atoms in total. The Hall–Kier alpha value is -1.14. The highest BCUT2D eigenvalue weighted by atomic mass is 79.9. The van der Waals surface area contributed by atoms with Crippen LogP contribution in [0.1, 0.15) is 23.2 Å². The van der Waals surface area contributed by atoms with Crippen LogP contribution in [0, 0.1) is 0 Å². The number of rotatable bonds is 3. The van der Waals surface area contributed by atoms with Gasteiger partial charge in [0.1, 0.15) is 0 Å². The molecule has 0 unspecified atom stereocenters. The number of aromatic nitrogens is 1. The Morgan fingerprint density at radius 3 is 2.72 bits per heavy atom. The number of hydrogen-bond acceptors (Lipinski definition) is 3. The van der Waals surface area contributed by atoms with Crippen molar-refractivity contribution in [2.24, 2.45) is 0 Å². The van der Waals surface area contributed by atoms with E-state index in [-0.39, 0.29) is 5.76 Å². The number of oxazole rings is 1. The summed E-state index contributed by atoms with van der Waals surface area (Å²) < 4.78 is 6.99. The predicted molar refractivity (Wildman–Crippen MR) is 73.7 cm³/mol. The molecule has 2 rings (SSSR count). The Morgan fingerprint density at radius 2 is 2.17 bits per heavy atom. The number of benzene rings is 1. The molecule has 0 fully saturated rings. The number of carbonyl (C=O) groups is 1. The second-order valence-corrected chi connectivity index (χ2v) is 5.35. The fraction of sp³-hybridized carbons (Fsp3) is 0.167. The summed E-state index contributed by atoms with van der Waals surface area (Å²) in [4.78, 5) is 15.2. The van der Waals surface area contributed by atoms with Gasteiger partial charge in [-0.15, -0.1) is 0 Å². The van der Waals surface area contributed by atoms with Crippen molar-refractivity contribution in [1.82, 2.24) is 4.98 Å². The van der Waals surface area contributed by atoms with Gasteiger partial charge in [-0.25, -0.2) is 9.78 Å². The van der Waals surface area contributed by atoms with Gasteiger partial charge in [0.15, 0.2) is 0 Å². The average Bonchev–Trinajstić information content (AvgIpc) is 2.76. The van der Waals surface area contributed by atoms with E-state index in [4.69, 9.17) is 9.52 Å². The molecule has 0 aliphatic rings. The Labute approximate surface area is 120 Å². The van der Waals surface area contributed by atoms with Crippen LogP contribution < -0.4 is 0 Å². The van der Waals surface area contributed by atoms with Gasteiger partial charge in [0.05, 0.1) is 11.3 Å². The molecule has 0 bridgehead atoms. The van der Waals surface area contributed by atoms with Gasteiger partial charge in [0.2, 0.25) is 11.7 Å². The van der Waals surface area contributed by atoms with Crippen molar-refractivity contribution in [2.75, 3.05) is 0 Å². The van der Waals surface area contributed by atoms with Crippen LogP contribution >= 0.6 is 31.9 Å². The van der Waals surface area contributed by atoms with Crippen LogP contribution in [0.25, 0.3) is 11.5 Å². The van der Waals surface area contributed by atoms with Crippen LogP contribution in [0.3, 0.4) is 0 Å². The lowest BCUT2D eigenvalue weighted by atomic mass is 10.2. The van der Waals surface area contributed by atoms with Gasteiger partial charge in [-0.3, -0.25) is 0 Å². The molecular weight excluding hydrogens is 366 g/mol. The zero-order valence-electron chi connectivity index (χ0n) is 9.41. The predicted octanol–water partition coefficient (Wildman–Crippen LogP) is 4.13. The Morgan fingerprint density at radius 1 is 1.44 bits per heavy atom. The summed E-state index contributed by atoms with van der Waals surface area (Å²) in [6, 6.07) is 5.53. The molecule has 2 aromatic rings. The highest BCUT2D eigenvalue weighted by molar-refractivity contribution is 9.11. The third-order valence-corrected chi connectivity index (χ3v) is 3.57. The standard InChI is InChI=1S/C12H9Br2NO3/c1-2-9-10(12(16)17)18-11(15-9)7-5-6(13)3-4-8(7)14/h3-5H,2H2,1H3,(H,16,17). The first-order valence-electron chi connectivity index (χ1n) is 5.21. The van der Waals surface area contributed by atoms with E-state index in [2.05, 4.69) is 36.8 Å². The zero-order valence-corrected chi connectivity index (χ0v) is 12.6. The first-order valence-corrected chi connectivity index (χ1v) is 6.80. The van der Waals surface area contributed by atoms with Gasteiger partial charge in [-0.05, 0) is 40.5 Å². The third kappa shape index (κ3) is 2.49. The number of carboxylic acid groups (broad SMARTS) is 1. The van der Waals surface area contributed by atoms with E-state index in [0.29, 0.717) is 23.6 Å². The summed E-state index contributed by atoms with van der Waals surface area (Å²) >= 11 is 6.75. The molecule has 0 saturated carbocycles. The fourth-order valence-electron chi connectivity index (χ4n) is 1.54. The zero-order chi connectivity index (χ0) is 13.3. The maximum Gasteiger partial charge on any atom is 0.373 e. The van der Waals surface area contributed by atoms with Gasteiger partial charge in [0.25, 0.3) is 0 Å². The van der Waals surface area contributed by atoms with Gasteiger partial charge >= 0.3 is 5.97 Å². The molecule has 0 saturated heterocycles. The van der Waals surface area contributed by atoms with Crippen molar-refractivity contribution < 1.29 is 14.3 Å². The van der Waals surface area contributed by atoms with E-state index in [0.717, 1.165) is 8.95 Å². The first-order chi connectivity index (χ1) is 8.52. The van der Waals surface area contributed by atoms with Crippen LogP contribution in [0.4, 0.5) is 0 Å². The quantitative estimate of drug-likeness (QED) is 0.877. The molecule has 1 aromatic carbocycles. The summed E-state index contributed by atoms with van der Waals surface area (Å²) in [5.41, 5.74) is 1.16. The van der Waals surface area contributed by atoms with Gasteiger partial charge < -0.3 is 9.52 Å². The molecule has 94 valence electrons. The normalized spacial score (nSPS) is 10.6. The summed E-state index contributed by atoms with van der Waals surface area (Å²) in [7, 11) is 0. The minimum atomic E-state index is -1.10. The molecule has 1 N–H and O–H groups in total. The van der Waals surface area contributed by atoms with Crippen LogP contribution in [0.5, 0.6) is 0 Å². The Kier molecular flexibility index (Phi) is 3.87. The highest BCUT2D eigenvalue weighted by Gasteiger charge is 2.20. The number of halogens is 2. The second-order valence-electron chi connectivity index (χ2n) is 3.58. The summed E-state index contributed by atoms with van der Waals surface area (Å²) in [5, 5.41) is 9.03. The maximum absolute atomic E-state index is 11.0. The van der Waals surface area contributed by atoms with E-state index in [1.807, 2.05) is 25.1 Å². The molecular formula is C12H9Br2NO3. The number of carboxylic acids is 1. The Bertz CT molecular complexity index is 607. The van der Waals surface area contributed by atoms with E-state index in [9.17, 15) is 4.79 Å². The SMILES string of the molecule is CCc1nc(-c2cc(Br)ccc2Br)oc1C(=O)O. The molecule has 0 aliphatic heterocycles. The fourth-order valence-corrected chi connectivity index (χ4v) is 2.31. The molecule has 0 amide bonds. The average molecular weight is 375 g/mol. The number of aromatic carboxylic acids is 1. The van der Waals surface area contributed by atoms with Crippen molar-refractivity contribution in [1.29, 1.82) is 0 Å². The van der Waals surface area contributed by atoms with E-state index < -0.39 is 5.97 Å². The largest absolute Gasteiger partial charge is 0.475 e. The van der Waals surface area contributed by atoms with E-state index >= 15 is 0 Å². The van der Waals surface area contributed by atoms with Crippen LogP contribution in [-0.4, -0.2) is 16.1 Å². The highest BCUT2D eigenvalue weighted by Crippen LogP contribution is 2.31. The lowest BCUT2D eigenvalue weighted by Crippen LogP contribution is -1.98. The van der Waals surface area contributed by atoms with Crippen molar-refractivity contribution in [2.45, 2.75) is 13.3 Å². The van der Waals surface area contributed by atoms with E-state index in [1.165, 1.54) is 0 Å². The van der Waals surface area contributed by atoms with Crippen molar-refractivity contribution >= 4 is 37.8 Å². The van der Waals surface area contributed by atoms with Crippen LogP contribution in [-0.2, 0) is 6.42 Å². The molecule has 6 heteroatoms. The smallest absolute Gasteiger partial charge is 0.373 e. The molecule has 0 atom stereocenters. The van der Waals surface area contributed by atoms with Gasteiger partial charge in [-0.1, -0.05) is 22.9 Å². The molecule has 0 radical (unpaired) electrons. The number of aryl methyl sites for hydroxylation is 1. The molecule has 18 heavy (non-hydrogen) atoms. The van der Waals surface area contributed by atoms with Gasteiger partial charge in [0, 0.05) is 8.95 Å². The number of nitrogens with zero attached hydrogens (tertiary/aromatic N) is 1. The molecule has 1 heterocycles. The maximum atomic E-state index is 11.0. The summed E-state index contributed by atoms with van der Waals surface area (Å²) in [6.45, 7) is 1.84. The minimum absolute atomic E-state index is 0.0978. The Balaban J connectivity index is 2.57. The summed E-state index contributed by atoms with van der Waals surface area (Å²) in [6.07, 6.45) is 0.511. The van der Waals surface area contributed by atoms with Crippen LogP contribution in [0.15, 0.2) is 31.6 Å². The lowest BCUT2D eigenvalue weighted by Gasteiger charge is -2.00.